The summed E-state index contributed by atoms with van der Waals surface area (Å²) in [7, 11) is 0. The van der Waals surface area contributed by atoms with Crippen LogP contribution in [0.25, 0.3) is 0 Å². The first-order valence-corrected chi connectivity index (χ1v) is 10.1. The van der Waals surface area contributed by atoms with E-state index in [4.69, 9.17) is 11.6 Å². The third-order valence-electron chi connectivity index (χ3n) is 5.15. The van der Waals surface area contributed by atoms with Crippen molar-refractivity contribution in [3.05, 3.63) is 70.2 Å². The van der Waals surface area contributed by atoms with Gasteiger partial charge >= 0.3 is 6.18 Å². The lowest BCUT2D eigenvalue weighted by molar-refractivity contribution is -0.139. The minimum atomic E-state index is -4.44. The number of piperidine rings is 1. The number of alkyl halides is 3. The van der Waals surface area contributed by atoms with E-state index in [0.717, 1.165) is 17.7 Å². The number of hydrogen-bond donors (Lipinski definition) is 1. The second-order valence-corrected chi connectivity index (χ2v) is 7.75. The van der Waals surface area contributed by atoms with Crippen molar-refractivity contribution >= 4 is 23.4 Å². The van der Waals surface area contributed by atoms with Gasteiger partial charge in [-0.3, -0.25) is 9.59 Å². The summed E-state index contributed by atoms with van der Waals surface area (Å²) in [5.41, 5.74) is 0.570. The maximum Gasteiger partial charge on any atom is 0.416 e. The fourth-order valence-electron chi connectivity index (χ4n) is 3.51. The van der Waals surface area contributed by atoms with Gasteiger partial charge in [-0.1, -0.05) is 41.9 Å². The van der Waals surface area contributed by atoms with Gasteiger partial charge in [0.2, 0.25) is 11.8 Å². The number of rotatable bonds is 6. The Kier molecular flexibility index (Phi) is 7.02. The lowest BCUT2D eigenvalue weighted by Gasteiger charge is -2.32. The summed E-state index contributed by atoms with van der Waals surface area (Å²) in [6.45, 7) is 0.653. The van der Waals surface area contributed by atoms with Crippen LogP contribution in [0.15, 0.2) is 48.5 Å². The van der Waals surface area contributed by atoms with Crippen LogP contribution in [-0.2, 0) is 28.7 Å². The van der Waals surface area contributed by atoms with E-state index in [2.05, 4.69) is 5.32 Å². The Labute approximate surface area is 178 Å². The number of carbonyl (C=O) groups excluding carboxylic acids is 2. The first-order valence-electron chi connectivity index (χ1n) is 9.69. The fourth-order valence-corrected chi connectivity index (χ4v) is 3.74. The number of benzene rings is 2. The Bertz CT molecular complexity index is 917. The van der Waals surface area contributed by atoms with E-state index in [1.165, 1.54) is 11.0 Å². The number of likely N-dealkylation sites (tertiary alicyclic amines) is 1. The van der Waals surface area contributed by atoms with Gasteiger partial charge in [-0.25, -0.2) is 0 Å². The van der Waals surface area contributed by atoms with Crippen molar-refractivity contribution in [3.63, 3.8) is 0 Å². The molecular weight excluding hydrogens is 417 g/mol. The van der Waals surface area contributed by atoms with Crippen molar-refractivity contribution in [3.8, 4) is 0 Å². The van der Waals surface area contributed by atoms with Gasteiger partial charge in [0.1, 0.15) is 0 Å². The average Bonchev–Trinajstić information content (AvgIpc) is 2.70. The molecule has 2 aromatic rings. The van der Waals surface area contributed by atoms with Gasteiger partial charge < -0.3 is 10.2 Å². The Morgan fingerprint density at radius 2 is 1.93 bits per heavy atom. The molecule has 3 rings (SSSR count). The van der Waals surface area contributed by atoms with Crippen molar-refractivity contribution in [1.82, 2.24) is 10.2 Å². The average molecular weight is 439 g/mol. The molecule has 1 aliphatic heterocycles. The fraction of sp³-hybridized carbons (Fsp3) is 0.364. The van der Waals surface area contributed by atoms with Crippen molar-refractivity contribution in [2.75, 3.05) is 13.1 Å². The standard InChI is InChI=1S/C22H22ClF3N2O2/c23-19-7-2-1-5-16(19)10-11-27-21(30)17-8-9-20(29)28(14-17)13-15-4-3-6-18(12-15)22(24,25)26/h1-7,12,17H,8-11,13-14H2,(H,27,30)/t17-/m1/s1. The van der Waals surface area contributed by atoms with Crippen LogP contribution in [0, 0.1) is 5.92 Å². The Morgan fingerprint density at radius 1 is 1.17 bits per heavy atom. The zero-order chi connectivity index (χ0) is 21.7. The van der Waals surface area contributed by atoms with Crippen molar-refractivity contribution in [1.29, 1.82) is 0 Å². The molecule has 1 fully saturated rings. The van der Waals surface area contributed by atoms with Crippen molar-refractivity contribution in [2.45, 2.75) is 32.0 Å². The van der Waals surface area contributed by atoms with Gasteiger partial charge in [-0.2, -0.15) is 13.2 Å². The number of hydrogen-bond acceptors (Lipinski definition) is 2. The highest BCUT2D eigenvalue weighted by Gasteiger charge is 2.32. The predicted molar refractivity (Wildman–Crippen MR) is 108 cm³/mol. The monoisotopic (exact) mass is 438 g/mol. The number of carbonyl (C=O) groups is 2. The zero-order valence-corrected chi connectivity index (χ0v) is 17.0. The quantitative estimate of drug-likeness (QED) is 0.724. The van der Waals surface area contributed by atoms with Gasteiger partial charge in [0, 0.05) is 31.1 Å². The van der Waals surface area contributed by atoms with Crippen LogP contribution in [0.1, 0.15) is 29.5 Å². The topological polar surface area (TPSA) is 49.4 Å². The molecule has 160 valence electrons. The van der Waals surface area contributed by atoms with Gasteiger partial charge in [0.15, 0.2) is 0 Å². The molecule has 1 atom stereocenters. The van der Waals surface area contributed by atoms with Crippen LogP contribution < -0.4 is 5.32 Å². The zero-order valence-electron chi connectivity index (χ0n) is 16.2. The Balaban J connectivity index is 1.56. The van der Waals surface area contributed by atoms with E-state index in [1.54, 1.807) is 12.1 Å². The molecule has 2 amide bonds. The van der Waals surface area contributed by atoms with E-state index in [1.807, 2.05) is 18.2 Å². The first kappa shape index (κ1) is 22.2. The van der Waals surface area contributed by atoms with E-state index < -0.39 is 11.7 Å². The normalized spacial score (nSPS) is 17.1. The summed E-state index contributed by atoms with van der Waals surface area (Å²) < 4.78 is 38.7. The van der Waals surface area contributed by atoms with Crippen LogP contribution in [0.2, 0.25) is 5.02 Å². The van der Waals surface area contributed by atoms with Gasteiger partial charge in [0.05, 0.1) is 11.5 Å². The molecule has 1 aliphatic rings. The minimum absolute atomic E-state index is 0.0478. The second kappa shape index (κ2) is 9.51. The SMILES string of the molecule is O=C(NCCc1ccccc1Cl)[C@@H]1CCC(=O)N(Cc2cccc(C(F)(F)F)c2)C1. The molecule has 1 heterocycles. The van der Waals surface area contributed by atoms with E-state index in [-0.39, 0.29) is 37.2 Å². The predicted octanol–water partition coefficient (Wildman–Crippen LogP) is 4.46. The third-order valence-corrected chi connectivity index (χ3v) is 5.52. The third kappa shape index (κ3) is 5.75. The highest BCUT2D eigenvalue weighted by atomic mass is 35.5. The van der Waals surface area contributed by atoms with Gasteiger partial charge in [0.25, 0.3) is 0 Å². The molecule has 2 aromatic carbocycles. The summed E-state index contributed by atoms with van der Waals surface area (Å²) >= 11 is 6.11. The highest BCUT2D eigenvalue weighted by Crippen LogP contribution is 2.30. The van der Waals surface area contributed by atoms with Crippen LogP contribution in [0.4, 0.5) is 13.2 Å². The molecule has 4 nitrogen and oxygen atoms in total. The highest BCUT2D eigenvalue weighted by molar-refractivity contribution is 6.31. The summed E-state index contributed by atoms with van der Waals surface area (Å²) in [4.78, 5) is 26.2. The smallest absolute Gasteiger partial charge is 0.355 e. The Morgan fingerprint density at radius 3 is 2.67 bits per heavy atom. The summed E-state index contributed by atoms with van der Waals surface area (Å²) in [5.74, 6) is -0.712. The molecule has 0 bridgehead atoms. The Hall–Kier alpha value is -2.54. The van der Waals surface area contributed by atoms with Crippen molar-refractivity contribution < 1.29 is 22.8 Å². The summed E-state index contributed by atoms with van der Waals surface area (Å²) in [6, 6.07) is 12.3. The van der Waals surface area contributed by atoms with Crippen LogP contribution in [-0.4, -0.2) is 29.8 Å². The lowest BCUT2D eigenvalue weighted by atomic mass is 9.96. The van der Waals surface area contributed by atoms with Gasteiger partial charge in [-0.05, 0) is 42.2 Å². The number of nitrogens with one attached hydrogen (secondary N) is 1. The number of nitrogens with zero attached hydrogens (tertiary/aromatic N) is 1. The van der Waals surface area contributed by atoms with Crippen LogP contribution >= 0.6 is 11.6 Å². The molecule has 1 saturated heterocycles. The van der Waals surface area contributed by atoms with Crippen LogP contribution in [0.3, 0.4) is 0 Å². The minimum Gasteiger partial charge on any atom is -0.355 e. The van der Waals surface area contributed by atoms with Crippen molar-refractivity contribution in [2.24, 2.45) is 5.92 Å². The lowest BCUT2D eigenvalue weighted by Crippen LogP contribution is -2.45. The molecule has 0 spiro atoms. The molecular formula is C22H22ClF3N2O2. The maximum atomic E-state index is 12.9. The summed E-state index contributed by atoms with van der Waals surface area (Å²) in [5, 5.41) is 3.51. The molecule has 30 heavy (non-hydrogen) atoms. The van der Waals surface area contributed by atoms with Gasteiger partial charge in [-0.15, -0.1) is 0 Å². The number of halogens is 4. The first-order chi connectivity index (χ1) is 14.2. The van der Waals surface area contributed by atoms with E-state index in [0.29, 0.717) is 30.0 Å². The van der Waals surface area contributed by atoms with E-state index >= 15 is 0 Å². The molecule has 0 radical (unpaired) electrons. The molecule has 1 N–H and O–H groups in total. The van der Waals surface area contributed by atoms with E-state index in [9.17, 15) is 22.8 Å². The number of amides is 2. The molecule has 0 saturated carbocycles. The second-order valence-electron chi connectivity index (χ2n) is 7.34. The summed E-state index contributed by atoms with van der Waals surface area (Å²) in [6.07, 6.45) is -3.23. The molecule has 0 aromatic heterocycles. The molecule has 0 aliphatic carbocycles. The largest absolute Gasteiger partial charge is 0.416 e. The van der Waals surface area contributed by atoms with Crippen LogP contribution in [0.5, 0.6) is 0 Å². The molecule has 8 heteroatoms. The maximum absolute atomic E-state index is 12.9. The molecule has 0 unspecified atom stereocenters.